The Balaban J connectivity index is 2.21. The third-order valence-electron chi connectivity index (χ3n) is 1.78. The predicted molar refractivity (Wildman–Crippen MR) is 50.8 cm³/mol. The molecule has 0 aliphatic carbocycles. The van der Waals surface area contributed by atoms with E-state index < -0.39 is 0 Å². The smallest absolute Gasteiger partial charge is 0.166 e. The molecule has 0 saturated carbocycles. The predicted octanol–water partition coefficient (Wildman–Crippen LogP) is 1.85. The monoisotopic (exact) mass is 186 g/mol. The van der Waals surface area contributed by atoms with Crippen LogP contribution in [0.4, 0.5) is 0 Å². The third-order valence-corrected chi connectivity index (χ3v) is 2.12. The molecule has 0 aromatic rings. The van der Waals surface area contributed by atoms with E-state index in [1.165, 1.54) is 0 Å². The fraction of sp³-hybridized carbons (Fsp3) is 0.778. The van der Waals surface area contributed by atoms with Crippen LogP contribution in [0.2, 0.25) is 0 Å². The van der Waals surface area contributed by atoms with Crippen LogP contribution in [-0.4, -0.2) is 25.3 Å². The summed E-state index contributed by atoms with van der Waals surface area (Å²) >= 11 is 1.54. The highest BCUT2D eigenvalue weighted by molar-refractivity contribution is 8.03. The second kappa shape index (κ2) is 4.76. The van der Waals surface area contributed by atoms with Crippen LogP contribution < -0.4 is 0 Å². The van der Waals surface area contributed by atoms with Crippen molar-refractivity contribution in [1.82, 2.24) is 0 Å². The molecule has 0 amide bonds. The zero-order valence-corrected chi connectivity index (χ0v) is 8.37. The van der Waals surface area contributed by atoms with Crippen LogP contribution in [0.5, 0.6) is 0 Å². The maximum absolute atomic E-state index is 5.42. The average Bonchev–Trinajstić information content (AvgIpc) is 2.47. The summed E-state index contributed by atoms with van der Waals surface area (Å²) in [7, 11) is 0. The Labute approximate surface area is 78.0 Å². The largest absolute Gasteiger partial charge is 0.348 e. The molecule has 3 heteroatoms. The second-order valence-corrected chi connectivity index (χ2v) is 3.43. The zero-order valence-electron chi connectivity index (χ0n) is 7.55. The van der Waals surface area contributed by atoms with Gasteiger partial charge in [-0.25, -0.2) is 0 Å². The lowest BCUT2D eigenvalue weighted by Crippen LogP contribution is -2.24. The van der Waals surface area contributed by atoms with Crippen molar-refractivity contribution in [2.75, 3.05) is 19.5 Å². The van der Waals surface area contributed by atoms with E-state index in [1.54, 1.807) is 11.8 Å². The van der Waals surface area contributed by atoms with Crippen LogP contribution in [0.3, 0.4) is 0 Å². The van der Waals surface area contributed by atoms with E-state index in [-0.39, 0.29) is 5.79 Å². The van der Waals surface area contributed by atoms with E-state index >= 15 is 0 Å². The molecule has 0 atom stereocenters. The van der Waals surface area contributed by atoms with E-state index in [0.29, 0.717) is 13.2 Å². The topological polar surface area (TPSA) is 18.5 Å². The molecule has 0 aromatic carbocycles. The molecule has 0 spiro atoms. The molecule has 0 unspecified atom stereocenters. The lowest BCUT2D eigenvalue weighted by Gasteiger charge is -2.20. The second-order valence-electron chi connectivity index (χ2n) is 2.81. The summed E-state index contributed by atoms with van der Waals surface area (Å²) in [5, 5.41) is 2.94. The summed E-state index contributed by atoms with van der Waals surface area (Å²) in [6.07, 6.45) is 3.68. The van der Waals surface area contributed by atoms with Crippen molar-refractivity contribution in [3.8, 4) is 11.2 Å². The van der Waals surface area contributed by atoms with Crippen molar-refractivity contribution in [2.24, 2.45) is 0 Å². The molecule has 0 bridgehead atoms. The number of thioether (sulfide) groups is 1. The Kier molecular flexibility index (Phi) is 3.93. The fourth-order valence-electron chi connectivity index (χ4n) is 1.11. The van der Waals surface area contributed by atoms with Gasteiger partial charge in [0.05, 0.1) is 13.2 Å². The highest BCUT2D eigenvalue weighted by atomic mass is 32.2. The Morgan fingerprint density at radius 2 is 2.08 bits per heavy atom. The molecule has 1 rings (SSSR count). The molecule has 1 heterocycles. The van der Waals surface area contributed by atoms with Crippen molar-refractivity contribution in [2.45, 2.75) is 25.6 Å². The van der Waals surface area contributed by atoms with Gasteiger partial charge in [-0.2, -0.15) is 0 Å². The first-order valence-electron chi connectivity index (χ1n) is 4.06. The van der Waals surface area contributed by atoms with Gasteiger partial charge in [-0.1, -0.05) is 17.7 Å². The van der Waals surface area contributed by atoms with Crippen LogP contribution in [-0.2, 0) is 9.47 Å². The minimum atomic E-state index is -0.368. The molecular weight excluding hydrogens is 172 g/mol. The van der Waals surface area contributed by atoms with Crippen LogP contribution in [0.25, 0.3) is 0 Å². The van der Waals surface area contributed by atoms with Crippen molar-refractivity contribution >= 4 is 11.8 Å². The van der Waals surface area contributed by atoms with Gasteiger partial charge in [-0.05, 0) is 18.4 Å². The summed E-state index contributed by atoms with van der Waals surface area (Å²) in [6, 6.07) is 0. The Hall–Kier alpha value is -0.170. The van der Waals surface area contributed by atoms with E-state index in [1.807, 2.05) is 13.2 Å². The van der Waals surface area contributed by atoms with Gasteiger partial charge in [-0.3, -0.25) is 0 Å². The number of hydrogen-bond acceptors (Lipinski definition) is 3. The lowest BCUT2D eigenvalue weighted by molar-refractivity contribution is -0.145. The summed E-state index contributed by atoms with van der Waals surface area (Å²) < 4.78 is 10.8. The molecule has 68 valence electrons. The minimum Gasteiger partial charge on any atom is -0.348 e. The maximum atomic E-state index is 5.42. The number of rotatable bonds is 2. The first-order chi connectivity index (χ1) is 5.77. The van der Waals surface area contributed by atoms with E-state index in [9.17, 15) is 0 Å². The zero-order chi connectivity index (χ0) is 8.86. The normalized spacial score (nSPS) is 20.2. The highest BCUT2D eigenvalue weighted by Crippen LogP contribution is 2.23. The maximum Gasteiger partial charge on any atom is 0.166 e. The van der Waals surface area contributed by atoms with Crippen molar-refractivity contribution in [1.29, 1.82) is 0 Å². The molecule has 2 nitrogen and oxygen atoms in total. The quantitative estimate of drug-likeness (QED) is 0.613. The minimum absolute atomic E-state index is 0.368. The Morgan fingerprint density at radius 3 is 2.67 bits per heavy atom. The van der Waals surface area contributed by atoms with Crippen LogP contribution in [0.15, 0.2) is 0 Å². The highest BCUT2D eigenvalue weighted by Gasteiger charge is 2.29. The number of ether oxygens (including phenoxy) is 2. The van der Waals surface area contributed by atoms with E-state index in [0.717, 1.165) is 12.8 Å². The van der Waals surface area contributed by atoms with Gasteiger partial charge in [0.15, 0.2) is 5.79 Å². The third kappa shape index (κ3) is 3.06. The molecule has 1 saturated heterocycles. The van der Waals surface area contributed by atoms with Gasteiger partial charge >= 0.3 is 0 Å². The van der Waals surface area contributed by atoms with Gasteiger partial charge in [0.1, 0.15) is 0 Å². The first-order valence-corrected chi connectivity index (χ1v) is 5.28. The summed E-state index contributed by atoms with van der Waals surface area (Å²) in [6.45, 7) is 3.40. The molecule has 0 radical (unpaired) electrons. The van der Waals surface area contributed by atoms with E-state index in [2.05, 4.69) is 11.2 Å². The molecule has 0 N–H and O–H groups in total. The molecule has 1 fully saturated rings. The summed E-state index contributed by atoms with van der Waals surface area (Å²) in [5.74, 6) is 2.67. The summed E-state index contributed by atoms with van der Waals surface area (Å²) in [5.41, 5.74) is 0. The standard InChI is InChI=1S/C9H14O2S/c1-9(10-6-7-11-9)5-3-4-8-12-2/h3,5-7H2,1-2H3. The molecule has 12 heavy (non-hydrogen) atoms. The van der Waals surface area contributed by atoms with Gasteiger partial charge in [0.2, 0.25) is 0 Å². The average molecular weight is 186 g/mol. The van der Waals surface area contributed by atoms with E-state index in [4.69, 9.17) is 9.47 Å². The fourth-order valence-corrected chi connectivity index (χ4v) is 1.36. The van der Waals surface area contributed by atoms with Crippen LogP contribution in [0, 0.1) is 11.2 Å². The van der Waals surface area contributed by atoms with Crippen molar-refractivity contribution < 1.29 is 9.47 Å². The Bertz CT molecular complexity index is 186. The molecule has 1 aliphatic heterocycles. The van der Waals surface area contributed by atoms with Crippen molar-refractivity contribution in [3.63, 3.8) is 0 Å². The lowest BCUT2D eigenvalue weighted by atomic mass is 10.2. The molecule has 1 aliphatic rings. The molecular formula is C9H14O2S. The summed E-state index contributed by atoms with van der Waals surface area (Å²) in [4.78, 5) is 0. The van der Waals surface area contributed by atoms with Crippen LogP contribution in [0.1, 0.15) is 19.8 Å². The Morgan fingerprint density at radius 1 is 1.42 bits per heavy atom. The molecule has 0 aromatic heterocycles. The van der Waals surface area contributed by atoms with Crippen LogP contribution >= 0.6 is 11.8 Å². The number of hydrogen-bond donors (Lipinski definition) is 0. The van der Waals surface area contributed by atoms with Gasteiger partial charge in [0, 0.05) is 12.8 Å². The van der Waals surface area contributed by atoms with Crippen molar-refractivity contribution in [3.05, 3.63) is 0 Å². The van der Waals surface area contributed by atoms with Gasteiger partial charge in [-0.15, -0.1) is 0 Å². The first kappa shape index (κ1) is 9.91. The van der Waals surface area contributed by atoms with Gasteiger partial charge < -0.3 is 9.47 Å². The SMILES string of the molecule is CSC#CCCC1(C)OCCO1. The van der Waals surface area contributed by atoms with Gasteiger partial charge in [0.25, 0.3) is 0 Å².